The maximum Gasteiger partial charge on any atom is 0.250 e. The molecule has 22 heavy (non-hydrogen) atoms. The average molecular weight is 316 g/mol. The third-order valence-electron chi connectivity index (χ3n) is 3.87. The molecule has 2 aromatic rings. The summed E-state index contributed by atoms with van der Waals surface area (Å²) in [6.07, 6.45) is 3.99. The normalized spacial score (nSPS) is 13.9. The number of fused-ring (bicyclic) bond motifs is 1. The fraction of sp³-hybridized carbons (Fsp3) is 0.250. The quantitative estimate of drug-likeness (QED) is 0.934. The zero-order valence-electron chi connectivity index (χ0n) is 12.2. The molecule has 0 bridgehead atoms. The molecule has 0 unspecified atom stereocenters. The molecular weight excluding hydrogens is 300 g/mol. The number of benzene rings is 1. The number of rotatable bonds is 3. The van der Waals surface area contributed by atoms with Gasteiger partial charge < -0.3 is 5.73 Å². The van der Waals surface area contributed by atoms with Crippen LogP contribution in [0.3, 0.4) is 0 Å². The number of carbonyl (C=O) groups is 1. The van der Waals surface area contributed by atoms with E-state index in [1.807, 2.05) is 6.07 Å². The molecule has 1 aliphatic carbocycles. The van der Waals surface area contributed by atoms with Crippen LogP contribution in [0, 0.1) is 0 Å². The van der Waals surface area contributed by atoms with Crippen LogP contribution in [0.5, 0.6) is 0 Å². The molecule has 114 valence electrons. The van der Waals surface area contributed by atoms with Crippen molar-refractivity contribution in [3.05, 3.63) is 47.2 Å². The monoisotopic (exact) mass is 316 g/mol. The summed E-state index contributed by atoms with van der Waals surface area (Å²) in [6, 6.07) is 8.17. The van der Waals surface area contributed by atoms with E-state index in [0.29, 0.717) is 16.8 Å². The van der Waals surface area contributed by atoms with Crippen molar-refractivity contribution in [2.75, 3.05) is 6.26 Å². The number of carbonyl (C=O) groups excluding carboxylic acids is 1. The first-order chi connectivity index (χ1) is 10.4. The van der Waals surface area contributed by atoms with Crippen LogP contribution in [-0.4, -0.2) is 25.6 Å². The van der Waals surface area contributed by atoms with Crippen molar-refractivity contribution in [1.29, 1.82) is 0 Å². The van der Waals surface area contributed by atoms with Gasteiger partial charge in [-0.05, 0) is 43.0 Å². The molecule has 0 spiro atoms. The van der Waals surface area contributed by atoms with E-state index in [0.717, 1.165) is 36.8 Å². The zero-order valence-corrected chi connectivity index (χ0v) is 13.0. The lowest BCUT2D eigenvalue weighted by molar-refractivity contribution is 0.100. The number of nitrogens with two attached hydrogens (primary N) is 1. The fourth-order valence-electron chi connectivity index (χ4n) is 2.74. The highest BCUT2D eigenvalue weighted by molar-refractivity contribution is 7.90. The van der Waals surface area contributed by atoms with Crippen LogP contribution in [0.2, 0.25) is 0 Å². The van der Waals surface area contributed by atoms with Crippen LogP contribution in [0.1, 0.15) is 28.0 Å². The minimum Gasteiger partial charge on any atom is -0.366 e. The van der Waals surface area contributed by atoms with E-state index >= 15 is 0 Å². The van der Waals surface area contributed by atoms with Gasteiger partial charge in [0.1, 0.15) is 0 Å². The third-order valence-corrected chi connectivity index (χ3v) is 5.00. The van der Waals surface area contributed by atoms with Crippen LogP contribution in [-0.2, 0) is 22.7 Å². The van der Waals surface area contributed by atoms with Crippen molar-refractivity contribution in [3.8, 4) is 11.3 Å². The lowest BCUT2D eigenvalue weighted by atomic mass is 10.0. The highest BCUT2D eigenvalue weighted by Crippen LogP contribution is 2.29. The Morgan fingerprint density at radius 2 is 1.86 bits per heavy atom. The minimum atomic E-state index is -3.25. The van der Waals surface area contributed by atoms with Crippen molar-refractivity contribution in [1.82, 2.24) is 4.98 Å². The number of sulfone groups is 1. The molecule has 6 heteroatoms. The predicted octanol–water partition coefficient (Wildman–Crippen LogP) is 1.74. The molecule has 0 saturated heterocycles. The summed E-state index contributed by atoms with van der Waals surface area (Å²) in [5, 5.41) is 0. The molecule has 5 nitrogen and oxygen atoms in total. The van der Waals surface area contributed by atoms with E-state index in [9.17, 15) is 13.2 Å². The minimum absolute atomic E-state index is 0.234. The molecule has 2 N–H and O–H groups in total. The zero-order chi connectivity index (χ0) is 15.9. The van der Waals surface area contributed by atoms with Crippen LogP contribution in [0.25, 0.3) is 11.3 Å². The lowest BCUT2D eigenvalue weighted by Crippen LogP contribution is -2.14. The molecule has 1 aliphatic rings. The molecule has 0 saturated carbocycles. The van der Waals surface area contributed by atoms with Crippen LogP contribution < -0.4 is 5.73 Å². The topological polar surface area (TPSA) is 90.1 Å². The molecule has 1 amide bonds. The number of primary amides is 1. The summed E-state index contributed by atoms with van der Waals surface area (Å²) in [4.78, 5) is 16.5. The van der Waals surface area contributed by atoms with Crippen molar-refractivity contribution in [3.63, 3.8) is 0 Å². The SMILES string of the molecule is CS(=O)(=O)c1ccc(-c2nc3c(cc2C(N)=O)CCC3)cc1. The number of nitrogens with zero attached hydrogens (tertiary/aromatic N) is 1. The molecular formula is C16H16N2O3S. The van der Waals surface area contributed by atoms with Gasteiger partial charge in [0.05, 0.1) is 16.2 Å². The van der Waals surface area contributed by atoms with Gasteiger partial charge in [0.2, 0.25) is 0 Å². The second-order valence-electron chi connectivity index (χ2n) is 5.50. The number of hydrogen-bond donors (Lipinski definition) is 1. The Balaban J connectivity index is 2.13. The van der Waals surface area contributed by atoms with E-state index in [1.54, 1.807) is 12.1 Å². The Hall–Kier alpha value is -2.21. The van der Waals surface area contributed by atoms with Gasteiger partial charge in [0.15, 0.2) is 9.84 Å². The van der Waals surface area contributed by atoms with Crippen molar-refractivity contribution < 1.29 is 13.2 Å². The van der Waals surface area contributed by atoms with Gasteiger partial charge in [-0.25, -0.2) is 8.42 Å². The summed E-state index contributed by atoms with van der Waals surface area (Å²) >= 11 is 0. The predicted molar refractivity (Wildman–Crippen MR) is 83.3 cm³/mol. The van der Waals surface area contributed by atoms with Gasteiger partial charge in [-0.2, -0.15) is 0 Å². The molecule has 0 atom stereocenters. The maximum atomic E-state index is 11.7. The van der Waals surface area contributed by atoms with E-state index in [4.69, 9.17) is 5.73 Å². The molecule has 0 aliphatic heterocycles. The second kappa shape index (κ2) is 5.21. The molecule has 1 heterocycles. The number of amides is 1. The van der Waals surface area contributed by atoms with Gasteiger partial charge >= 0.3 is 0 Å². The van der Waals surface area contributed by atoms with Crippen molar-refractivity contribution in [2.24, 2.45) is 5.73 Å². The third kappa shape index (κ3) is 2.62. The van der Waals surface area contributed by atoms with Gasteiger partial charge in [0, 0.05) is 17.5 Å². The van der Waals surface area contributed by atoms with E-state index in [1.165, 1.54) is 12.1 Å². The first kappa shape index (κ1) is 14.7. The first-order valence-corrected chi connectivity index (χ1v) is 8.88. The van der Waals surface area contributed by atoms with Crippen LogP contribution in [0.4, 0.5) is 0 Å². The van der Waals surface area contributed by atoms with Gasteiger partial charge in [0.25, 0.3) is 5.91 Å². The summed E-state index contributed by atoms with van der Waals surface area (Å²) < 4.78 is 23.0. The molecule has 1 aromatic heterocycles. The Morgan fingerprint density at radius 1 is 1.18 bits per heavy atom. The van der Waals surface area contributed by atoms with Gasteiger partial charge in [-0.1, -0.05) is 12.1 Å². The largest absolute Gasteiger partial charge is 0.366 e. The van der Waals surface area contributed by atoms with Crippen LogP contribution >= 0.6 is 0 Å². The lowest BCUT2D eigenvalue weighted by Gasteiger charge is -2.10. The summed E-state index contributed by atoms with van der Waals surface area (Å²) in [6.45, 7) is 0. The van der Waals surface area contributed by atoms with Crippen LogP contribution in [0.15, 0.2) is 35.2 Å². The highest BCUT2D eigenvalue weighted by atomic mass is 32.2. The van der Waals surface area contributed by atoms with E-state index in [-0.39, 0.29) is 4.90 Å². The number of hydrogen-bond acceptors (Lipinski definition) is 4. The average Bonchev–Trinajstić information content (AvgIpc) is 2.92. The molecule has 0 radical (unpaired) electrons. The molecule has 0 fully saturated rings. The van der Waals surface area contributed by atoms with Gasteiger partial charge in [-0.3, -0.25) is 9.78 Å². The fourth-order valence-corrected chi connectivity index (χ4v) is 3.37. The van der Waals surface area contributed by atoms with Crippen molar-refractivity contribution >= 4 is 15.7 Å². The smallest absolute Gasteiger partial charge is 0.250 e. The Bertz CT molecular complexity index is 856. The first-order valence-electron chi connectivity index (χ1n) is 6.99. The van der Waals surface area contributed by atoms with Gasteiger partial charge in [-0.15, -0.1) is 0 Å². The Morgan fingerprint density at radius 3 is 2.45 bits per heavy atom. The highest BCUT2D eigenvalue weighted by Gasteiger charge is 2.20. The molecule has 1 aromatic carbocycles. The Kier molecular flexibility index (Phi) is 3.48. The summed E-state index contributed by atoms with van der Waals surface area (Å²) in [7, 11) is -3.25. The number of aromatic nitrogens is 1. The summed E-state index contributed by atoms with van der Waals surface area (Å²) in [5.74, 6) is -0.524. The number of aryl methyl sites for hydroxylation is 2. The van der Waals surface area contributed by atoms with E-state index < -0.39 is 15.7 Å². The standard InChI is InChI=1S/C16H16N2O3S/c1-22(20,21)12-7-5-10(6-8-12)15-13(16(17)19)9-11-3-2-4-14(11)18-15/h5-9H,2-4H2,1H3,(H2,17,19). The summed E-state index contributed by atoms with van der Waals surface area (Å²) in [5.41, 5.74) is 9.13. The maximum absolute atomic E-state index is 11.7. The second-order valence-corrected chi connectivity index (χ2v) is 7.52. The Labute approximate surface area is 129 Å². The van der Waals surface area contributed by atoms with E-state index in [2.05, 4.69) is 4.98 Å². The number of pyridine rings is 1. The van der Waals surface area contributed by atoms with Crippen molar-refractivity contribution in [2.45, 2.75) is 24.2 Å². The molecule has 3 rings (SSSR count).